The number of rotatable bonds is 2. The Labute approximate surface area is 90.4 Å². The lowest BCUT2D eigenvalue weighted by Crippen LogP contribution is -2.09. The van der Waals surface area contributed by atoms with Crippen LogP contribution in [0.2, 0.25) is 0 Å². The van der Waals surface area contributed by atoms with Crippen LogP contribution in [0.3, 0.4) is 0 Å². The fraction of sp³-hybridized carbons (Fsp3) is 0.375. The molecule has 0 aliphatic rings. The van der Waals surface area contributed by atoms with Crippen LogP contribution in [0.1, 0.15) is 23.2 Å². The Kier molecular flexibility index (Phi) is 3.64. The molecule has 1 heterocycles. The fourth-order valence-electron chi connectivity index (χ4n) is 0.969. The summed E-state index contributed by atoms with van der Waals surface area (Å²) in [6.07, 6.45) is -6.84. The van der Waals surface area contributed by atoms with Crippen molar-refractivity contribution in [2.75, 3.05) is 0 Å². The number of alkyl halides is 6. The van der Waals surface area contributed by atoms with E-state index in [0.29, 0.717) is 6.07 Å². The summed E-state index contributed by atoms with van der Waals surface area (Å²) >= 11 is 2.90. The topological polar surface area (TPSA) is 12.9 Å². The number of pyridine rings is 1. The van der Waals surface area contributed by atoms with Crippen LogP contribution in [0.5, 0.6) is 0 Å². The molecule has 0 unspecified atom stereocenters. The second-order valence-electron chi connectivity index (χ2n) is 2.70. The SMILES string of the molecule is FC(F)c1cc(C(F)(F)F)ncc1CBr. The van der Waals surface area contributed by atoms with Gasteiger partial charge >= 0.3 is 6.18 Å². The van der Waals surface area contributed by atoms with Gasteiger partial charge in [0.2, 0.25) is 0 Å². The molecule has 0 amide bonds. The van der Waals surface area contributed by atoms with Crippen molar-refractivity contribution in [3.8, 4) is 0 Å². The van der Waals surface area contributed by atoms with Crippen molar-refractivity contribution in [3.63, 3.8) is 0 Å². The van der Waals surface area contributed by atoms with Gasteiger partial charge in [-0.3, -0.25) is 4.98 Å². The van der Waals surface area contributed by atoms with E-state index in [0.717, 1.165) is 6.20 Å². The summed E-state index contributed by atoms with van der Waals surface area (Å²) in [5.74, 6) is 0. The fourth-order valence-corrected chi connectivity index (χ4v) is 1.44. The van der Waals surface area contributed by atoms with E-state index < -0.39 is 23.9 Å². The minimum Gasteiger partial charge on any atom is -0.251 e. The molecule has 1 nitrogen and oxygen atoms in total. The van der Waals surface area contributed by atoms with Crippen LogP contribution < -0.4 is 0 Å². The van der Waals surface area contributed by atoms with Crippen molar-refractivity contribution in [2.45, 2.75) is 17.9 Å². The van der Waals surface area contributed by atoms with Crippen molar-refractivity contribution in [3.05, 3.63) is 29.1 Å². The molecule has 0 spiro atoms. The largest absolute Gasteiger partial charge is 0.433 e. The Morgan fingerprint density at radius 1 is 1.33 bits per heavy atom. The summed E-state index contributed by atoms with van der Waals surface area (Å²) in [5, 5.41) is 0.0395. The molecule has 0 N–H and O–H groups in total. The Bertz CT molecular complexity index is 349. The summed E-state index contributed by atoms with van der Waals surface area (Å²) in [6.45, 7) is 0. The van der Waals surface area contributed by atoms with Gasteiger partial charge in [0.1, 0.15) is 5.69 Å². The first-order valence-corrected chi connectivity index (χ1v) is 4.88. The molecule has 0 atom stereocenters. The molecule has 1 aromatic rings. The smallest absolute Gasteiger partial charge is 0.251 e. The van der Waals surface area contributed by atoms with Gasteiger partial charge in [-0.2, -0.15) is 13.2 Å². The molecule has 0 aromatic carbocycles. The number of nitrogens with zero attached hydrogens (tertiary/aromatic N) is 1. The molecule has 0 aliphatic carbocycles. The zero-order valence-electron chi connectivity index (χ0n) is 7.15. The predicted octanol–water partition coefficient (Wildman–Crippen LogP) is 3.93. The molecule has 0 saturated carbocycles. The Hall–Kier alpha value is -0.720. The highest BCUT2D eigenvalue weighted by Crippen LogP contribution is 2.32. The van der Waals surface area contributed by atoms with E-state index in [1.54, 1.807) is 0 Å². The van der Waals surface area contributed by atoms with Crippen molar-refractivity contribution >= 4 is 15.9 Å². The lowest BCUT2D eigenvalue weighted by Gasteiger charge is -2.10. The highest BCUT2D eigenvalue weighted by Gasteiger charge is 2.33. The maximum Gasteiger partial charge on any atom is 0.433 e. The first-order chi connectivity index (χ1) is 6.86. The monoisotopic (exact) mass is 289 g/mol. The van der Waals surface area contributed by atoms with Gasteiger partial charge in [0.25, 0.3) is 6.43 Å². The maximum absolute atomic E-state index is 12.4. The van der Waals surface area contributed by atoms with Crippen LogP contribution in [-0.4, -0.2) is 4.98 Å². The third-order valence-corrected chi connectivity index (χ3v) is 2.30. The Morgan fingerprint density at radius 2 is 1.93 bits per heavy atom. The second-order valence-corrected chi connectivity index (χ2v) is 3.26. The molecule has 1 aromatic heterocycles. The molecule has 0 bridgehead atoms. The standard InChI is InChI=1S/C8H5BrF5N/c9-2-4-3-15-6(8(12,13)14)1-5(4)7(10)11/h1,3,7H,2H2. The first-order valence-electron chi connectivity index (χ1n) is 3.76. The molecule has 15 heavy (non-hydrogen) atoms. The number of halogens is 6. The van der Waals surface area contributed by atoms with E-state index in [1.807, 2.05) is 0 Å². The summed E-state index contributed by atoms with van der Waals surface area (Å²) in [5.41, 5.74) is -1.89. The molecule has 0 saturated heterocycles. The van der Waals surface area contributed by atoms with Gasteiger partial charge in [0.05, 0.1) is 0 Å². The second kappa shape index (κ2) is 4.42. The van der Waals surface area contributed by atoms with Crippen LogP contribution >= 0.6 is 15.9 Å². The van der Waals surface area contributed by atoms with Crippen LogP contribution in [0.4, 0.5) is 22.0 Å². The number of hydrogen-bond donors (Lipinski definition) is 0. The highest BCUT2D eigenvalue weighted by molar-refractivity contribution is 9.08. The number of hydrogen-bond acceptors (Lipinski definition) is 1. The lowest BCUT2D eigenvalue weighted by atomic mass is 10.1. The highest BCUT2D eigenvalue weighted by atomic mass is 79.9. The van der Waals surface area contributed by atoms with Gasteiger partial charge < -0.3 is 0 Å². The minimum atomic E-state index is -4.70. The molecule has 84 valence electrons. The van der Waals surface area contributed by atoms with Crippen molar-refractivity contribution in [2.24, 2.45) is 0 Å². The summed E-state index contributed by atoms with van der Waals surface area (Å²) < 4.78 is 61.2. The minimum absolute atomic E-state index is 0.0395. The Balaban J connectivity index is 3.22. The van der Waals surface area contributed by atoms with Crippen molar-refractivity contribution in [1.82, 2.24) is 4.98 Å². The normalized spacial score (nSPS) is 12.2. The first kappa shape index (κ1) is 12.4. The van der Waals surface area contributed by atoms with Gasteiger partial charge in [0, 0.05) is 17.1 Å². The summed E-state index contributed by atoms with van der Waals surface area (Å²) in [4.78, 5) is 3.08. The quantitative estimate of drug-likeness (QED) is 0.594. The van der Waals surface area contributed by atoms with E-state index in [4.69, 9.17) is 0 Å². The third-order valence-electron chi connectivity index (χ3n) is 1.69. The van der Waals surface area contributed by atoms with Crippen LogP contribution in [0.15, 0.2) is 12.3 Å². The maximum atomic E-state index is 12.4. The molecule has 0 radical (unpaired) electrons. The van der Waals surface area contributed by atoms with E-state index in [-0.39, 0.29) is 10.9 Å². The van der Waals surface area contributed by atoms with Crippen LogP contribution in [-0.2, 0) is 11.5 Å². The Morgan fingerprint density at radius 3 is 2.33 bits per heavy atom. The molecule has 0 fully saturated rings. The summed E-state index contributed by atoms with van der Waals surface area (Å²) in [6, 6.07) is 0.376. The van der Waals surface area contributed by atoms with Crippen LogP contribution in [0, 0.1) is 0 Å². The molecular formula is C8H5BrF5N. The summed E-state index contributed by atoms with van der Waals surface area (Å²) in [7, 11) is 0. The zero-order chi connectivity index (χ0) is 11.6. The van der Waals surface area contributed by atoms with Crippen molar-refractivity contribution in [1.29, 1.82) is 0 Å². The van der Waals surface area contributed by atoms with E-state index >= 15 is 0 Å². The average Bonchev–Trinajstić information content (AvgIpc) is 2.15. The predicted molar refractivity (Wildman–Crippen MR) is 46.8 cm³/mol. The van der Waals surface area contributed by atoms with Crippen LogP contribution in [0.25, 0.3) is 0 Å². The number of aromatic nitrogens is 1. The lowest BCUT2D eigenvalue weighted by molar-refractivity contribution is -0.141. The molecular weight excluding hydrogens is 285 g/mol. The van der Waals surface area contributed by atoms with Gasteiger partial charge in [-0.15, -0.1) is 0 Å². The average molecular weight is 290 g/mol. The molecule has 1 rings (SSSR count). The van der Waals surface area contributed by atoms with E-state index in [9.17, 15) is 22.0 Å². The van der Waals surface area contributed by atoms with Crippen molar-refractivity contribution < 1.29 is 22.0 Å². The van der Waals surface area contributed by atoms with Gasteiger partial charge in [0.15, 0.2) is 0 Å². The van der Waals surface area contributed by atoms with Gasteiger partial charge in [-0.05, 0) is 11.6 Å². The van der Waals surface area contributed by atoms with E-state index in [1.165, 1.54) is 0 Å². The van der Waals surface area contributed by atoms with E-state index in [2.05, 4.69) is 20.9 Å². The molecule has 7 heteroatoms. The van der Waals surface area contributed by atoms with Gasteiger partial charge in [-0.1, -0.05) is 15.9 Å². The molecule has 0 aliphatic heterocycles. The van der Waals surface area contributed by atoms with Gasteiger partial charge in [-0.25, -0.2) is 8.78 Å². The third kappa shape index (κ3) is 2.87. The zero-order valence-corrected chi connectivity index (χ0v) is 8.74.